The van der Waals surface area contributed by atoms with Crippen LogP contribution in [0.15, 0.2) is 78.4 Å². The number of carbonyl (C=O) groups is 3. The molecule has 2 aromatic carbocycles. The third-order valence-corrected chi connectivity index (χ3v) is 6.91. The summed E-state index contributed by atoms with van der Waals surface area (Å²) in [6, 6.07) is 17.4. The Morgan fingerprint density at radius 1 is 0.685 bits per heavy atom. The first-order valence-corrected chi connectivity index (χ1v) is 20.5. The van der Waals surface area contributed by atoms with Crippen molar-refractivity contribution in [2.24, 2.45) is 0 Å². The van der Waals surface area contributed by atoms with Gasteiger partial charge in [-0.2, -0.15) is 0 Å². The molecule has 0 aromatic heterocycles. The lowest BCUT2D eigenvalue weighted by atomic mass is 10.0. The molecule has 0 unspecified atom stereocenters. The molecule has 0 aliphatic carbocycles. The highest BCUT2D eigenvalue weighted by molar-refractivity contribution is 6.09. The van der Waals surface area contributed by atoms with E-state index < -0.39 is 0 Å². The Morgan fingerprint density at radius 3 is 1.59 bits per heavy atom. The minimum Gasteiger partial charge on any atom is -0.460 e. The van der Waals surface area contributed by atoms with Gasteiger partial charge in [-0.3, -0.25) is 14.4 Å². The predicted molar refractivity (Wildman–Crippen MR) is 237 cm³/mol. The van der Waals surface area contributed by atoms with Crippen LogP contribution >= 0.6 is 0 Å². The van der Waals surface area contributed by atoms with E-state index in [9.17, 15) is 14.4 Å². The molecule has 0 radical (unpaired) electrons. The number of ketones is 1. The molecule has 2 aromatic rings. The molecule has 6 heteroatoms. The summed E-state index contributed by atoms with van der Waals surface area (Å²) in [6.07, 6.45) is 18.2. The molecule has 0 heterocycles. The summed E-state index contributed by atoms with van der Waals surface area (Å²) >= 11 is 0. The number of hydrogen-bond acceptors (Lipinski definition) is 5. The molecule has 54 heavy (non-hydrogen) atoms. The molecule has 0 atom stereocenters. The van der Waals surface area contributed by atoms with E-state index in [2.05, 4.69) is 73.7 Å². The number of amides is 1. The molecule has 0 bridgehead atoms. The van der Waals surface area contributed by atoms with Crippen molar-refractivity contribution in [2.75, 3.05) is 0 Å². The van der Waals surface area contributed by atoms with Gasteiger partial charge in [-0.15, -0.1) is 0 Å². The largest absolute Gasteiger partial charge is 0.460 e. The van der Waals surface area contributed by atoms with Crippen LogP contribution in [0.3, 0.4) is 0 Å². The highest BCUT2D eigenvalue weighted by Crippen LogP contribution is 2.09. The summed E-state index contributed by atoms with van der Waals surface area (Å²) in [7, 11) is 0. The number of hydrogen-bond donors (Lipinski definition) is 2. The van der Waals surface area contributed by atoms with Gasteiger partial charge < -0.3 is 15.5 Å². The van der Waals surface area contributed by atoms with Gasteiger partial charge in [-0.25, -0.2) is 0 Å². The van der Waals surface area contributed by atoms with Gasteiger partial charge >= 0.3 is 5.97 Å². The Kier molecular flexibility index (Phi) is 42.6. The summed E-state index contributed by atoms with van der Waals surface area (Å²) in [5.74, 6) is -0.189. The number of esters is 1. The molecule has 0 spiro atoms. The molecule has 0 fully saturated rings. The number of rotatable bonds is 15. The number of allylic oxidation sites excluding steroid dienone is 4. The Hall–Kier alpha value is -3.80. The second-order valence-corrected chi connectivity index (χ2v) is 14.2. The average molecular weight is 751 g/mol. The lowest BCUT2D eigenvalue weighted by Gasteiger charge is -2.17. The van der Waals surface area contributed by atoms with Crippen LogP contribution in [0.5, 0.6) is 0 Å². The van der Waals surface area contributed by atoms with Crippen molar-refractivity contribution in [1.29, 1.82) is 5.41 Å². The Labute approximate surface area is 333 Å². The number of nitrogens with one attached hydrogen (secondary N) is 2. The first kappa shape index (κ1) is 56.9. The van der Waals surface area contributed by atoms with Gasteiger partial charge in [0.1, 0.15) is 5.60 Å². The molecule has 6 nitrogen and oxygen atoms in total. The van der Waals surface area contributed by atoms with E-state index in [1.165, 1.54) is 69.9 Å². The standard InChI is InChI=1S/C23H26N2O2.C6H12O2.C6H12.C5H12.2C4H10/c1-2-7-23(27)25-17-19-10-6-11-20(16-19)22(24)15-14-21(26)13-12-18-8-4-3-5-9-18;1-5(7)8-6(2,3)4;1-4-5-6(2)3;1-3-5-4-2;2*1-3-4-2/h3-6,8-11,14-16,24H,2,7,12-13,17H2,1H3,(H,25,27);1-4H3;5H,4H2,1-3H3;3-5H2,1-2H3;2*3-4H2,1-2H3/b15-14-,24-22?;;;;;. The van der Waals surface area contributed by atoms with E-state index in [-0.39, 0.29) is 29.0 Å². The van der Waals surface area contributed by atoms with E-state index in [0.717, 1.165) is 23.1 Å². The van der Waals surface area contributed by atoms with Gasteiger partial charge in [0.25, 0.3) is 0 Å². The molecular weight excluding hydrogens is 669 g/mol. The number of aryl methyl sites for hydroxylation is 1. The summed E-state index contributed by atoms with van der Waals surface area (Å²) < 4.78 is 4.80. The van der Waals surface area contributed by atoms with Crippen LogP contribution in [0.4, 0.5) is 0 Å². The second-order valence-electron chi connectivity index (χ2n) is 14.2. The maximum Gasteiger partial charge on any atom is 0.303 e. The minimum absolute atomic E-state index is 0.00610. The minimum atomic E-state index is -0.328. The highest BCUT2D eigenvalue weighted by atomic mass is 16.6. The molecule has 0 saturated heterocycles. The molecule has 2 rings (SSSR count). The fourth-order valence-corrected chi connectivity index (χ4v) is 3.83. The maximum atomic E-state index is 12.0. The second kappa shape index (κ2) is 40.4. The van der Waals surface area contributed by atoms with E-state index in [4.69, 9.17) is 10.1 Å². The quantitative estimate of drug-likeness (QED) is 0.0820. The van der Waals surface area contributed by atoms with Crippen LogP contribution in [0, 0.1) is 5.41 Å². The lowest BCUT2D eigenvalue weighted by Crippen LogP contribution is -2.22. The third-order valence-electron chi connectivity index (χ3n) is 6.91. The fraction of sp³-hybridized carbons (Fsp3) is 0.583. The zero-order valence-electron chi connectivity index (χ0n) is 37.3. The molecule has 308 valence electrons. The van der Waals surface area contributed by atoms with Crippen LogP contribution in [-0.2, 0) is 32.1 Å². The molecule has 0 aliphatic heterocycles. The number of benzene rings is 2. The van der Waals surface area contributed by atoms with Gasteiger partial charge in [0.05, 0.1) is 5.71 Å². The van der Waals surface area contributed by atoms with Gasteiger partial charge in [-0.05, 0) is 88.8 Å². The van der Waals surface area contributed by atoms with Crippen molar-refractivity contribution in [3.8, 4) is 0 Å². The van der Waals surface area contributed by atoms with Crippen molar-refractivity contribution in [1.82, 2.24) is 5.32 Å². The Bertz CT molecular complexity index is 1240. The van der Waals surface area contributed by atoms with Gasteiger partial charge in [0.15, 0.2) is 5.78 Å². The zero-order valence-corrected chi connectivity index (χ0v) is 37.3. The van der Waals surface area contributed by atoms with E-state index >= 15 is 0 Å². The topological polar surface area (TPSA) is 96.3 Å². The summed E-state index contributed by atoms with van der Waals surface area (Å²) in [5, 5.41) is 11.0. The van der Waals surface area contributed by atoms with Crippen LogP contribution in [0.1, 0.15) is 184 Å². The van der Waals surface area contributed by atoms with Crippen molar-refractivity contribution >= 4 is 23.4 Å². The maximum absolute atomic E-state index is 12.0. The van der Waals surface area contributed by atoms with E-state index in [1.807, 2.05) is 82.3 Å². The Morgan fingerprint density at radius 2 is 1.22 bits per heavy atom. The van der Waals surface area contributed by atoms with Crippen molar-refractivity contribution in [2.45, 2.75) is 186 Å². The lowest BCUT2D eigenvalue weighted by molar-refractivity contribution is -0.151. The fourth-order valence-electron chi connectivity index (χ4n) is 3.83. The summed E-state index contributed by atoms with van der Waals surface area (Å²) in [4.78, 5) is 33.8. The van der Waals surface area contributed by atoms with E-state index in [1.54, 1.807) is 6.08 Å². The van der Waals surface area contributed by atoms with Gasteiger partial charge in [0, 0.05) is 26.3 Å². The normalized spacial score (nSPS) is 9.74. The number of ether oxygens (including phenoxy) is 1. The van der Waals surface area contributed by atoms with E-state index in [0.29, 0.717) is 25.8 Å². The van der Waals surface area contributed by atoms with Crippen LogP contribution in [0.2, 0.25) is 0 Å². The number of unbranched alkanes of at least 4 members (excludes halogenated alkanes) is 4. The monoisotopic (exact) mass is 751 g/mol. The zero-order chi connectivity index (χ0) is 42.2. The van der Waals surface area contributed by atoms with Crippen LogP contribution < -0.4 is 5.32 Å². The molecule has 2 N–H and O–H groups in total. The predicted octanol–water partition coefficient (Wildman–Crippen LogP) is 13.7. The smallest absolute Gasteiger partial charge is 0.303 e. The van der Waals surface area contributed by atoms with Gasteiger partial charge in [-0.1, -0.05) is 161 Å². The van der Waals surface area contributed by atoms with Gasteiger partial charge in [0.2, 0.25) is 5.91 Å². The number of carbonyl (C=O) groups excluding carboxylic acids is 3. The first-order valence-electron chi connectivity index (χ1n) is 20.5. The SMILES string of the molecule is CC(=O)OC(C)(C)C.CCC=C(C)C.CCCC.CCCC.CCCC(=O)NCc1cccc(C(=N)/C=C\C(=O)CCc2ccccc2)c1.CCCCC. The molecular formula is C48H82N2O4. The third kappa shape index (κ3) is 46.2. The molecule has 1 amide bonds. The molecule has 0 aliphatic rings. The van der Waals surface area contributed by atoms with Crippen molar-refractivity contribution in [3.63, 3.8) is 0 Å². The summed E-state index contributed by atoms with van der Waals surface area (Å²) in [6.45, 7) is 28.9. The first-order chi connectivity index (χ1) is 25.5. The Balaban J connectivity index is -0.000000374. The van der Waals surface area contributed by atoms with Crippen LogP contribution in [0.25, 0.3) is 0 Å². The van der Waals surface area contributed by atoms with Crippen LogP contribution in [-0.4, -0.2) is 29.0 Å². The highest BCUT2D eigenvalue weighted by Gasteiger charge is 2.11. The van der Waals surface area contributed by atoms with Crippen molar-refractivity contribution < 1.29 is 19.1 Å². The summed E-state index contributed by atoms with van der Waals surface area (Å²) in [5.41, 5.74) is 4.16. The van der Waals surface area contributed by atoms with Crippen molar-refractivity contribution in [3.05, 3.63) is 95.1 Å². The molecule has 0 saturated carbocycles. The average Bonchev–Trinajstić information content (AvgIpc) is 3.13.